The maximum atomic E-state index is 4.54. The number of thiazole rings is 1. The number of hydrogen-bond donors (Lipinski definition) is 1. The molecule has 17 heavy (non-hydrogen) atoms. The number of hydrazine groups is 1. The molecule has 0 bridgehead atoms. The Morgan fingerprint density at radius 2 is 2.29 bits per heavy atom. The molecule has 0 atom stereocenters. The lowest BCUT2D eigenvalue weighted by molar-refractivity contribution is 0.948. The van der Waals surface area contributed by atoms with E-state index in [1.165, 1.54) is 16.6 Å². The largest absolute Gasteiger partial charge is 0.279 e. The Hall–Kier alpha value is -1.95. The van der Waals surface area contributed by atoms with Gasteiger partial charge in [-0.2, -0.15) is 0 Å². The Kier molecular flexibility index (Phi) is 2.49. The Bertz CT molecular complexity index is 601. The zero-order valence-corrected chi connectivity index (χ0v) is 10.1. The maximum absolute atomic E-state index is 4.54. The van der Waals surface area contributed by atoms with Gasteiger partial charge in [0.2, 0.25) is 5.13 Å². The molecule has 86 valence electrons. The minimum atomic E-state index is 0.864. The number of anilines is 1. The van der Waals surface area contributed by atoms with Crippen molar-refractivity contribution in [2.45, 2.75) is 13.3 Å². The van der Waals surface area contributed by atoms with Crippen LogP contribution in [0.15, 0.2) is 28.4 Å². The summed E-state index contributed by atoms with van der Waals surface area (Å²) in [4.78, 5) is 4.54. The van der Waals surface area contributed by atoms with E-state index in [4.69, 9.17) is 0 Å². The fourth-order valence-electron chi connectivity index (χ4n) is 1.62. The van der Waals surface area contributed by atoms with Crippen LogP contribution in [0.25, 0.3) is 10.2 Å². The molecular formula is C11H11N5S. The fourth-order valence-corrected chi connectivity index (χ4v) is 2.59. The lowest BCUT2D eigenvalue weighted by atomic mass is 10.2. The third kappa shape index (κ3) is 1.87. The van der Waals surface area contributed by atoms with Gasteiger partial charge in [0.15, 0.2) is 0 Å². The Morgan fingerprint density at radius 3 is 3.06 bits per heavy atom. The van der Waals surface area contributed by atoms with Crippen molar-refractivity contribution in [1.29, 1.82) is 0 Å². The summed E-state index contributed by atoms with van der Waals surface area (Å²) in [6.45, 7) is 2.15. The molecule has 0 amide bonds. The van der Waals surface area contributed by atoms with Gasteiger partial charge in [-0.15, -0.1) is 10.2 Å². The van der Waals surface area contributed by atoms with Gasteiger partial charge in [-0.25, -0.2) is 9.99 Å². The van der Waals surface area contributed by atoms with Gasteiger partial charge in [-0.1, -0.05) is 24.3 Å². The van der Waals surface area contributed by atoms with E-state index in [9.17, 15) is 0 Å². The molecule has 0 saturated carbocycles. The van der Waals surface area contributed by atoms with Crippen molar-refractivity contribution >= 4 is 39.4 Å². The first kappa shape index (κ1) is 10.2. The van der Waals surface area contributed by atoms with Crippen molar-refractivity contribution in [3.05, 3.63) is 23.8 Å². The van der Waals surface area contributed by atoms with Crippen LogP contribution in [0, 0.1) is 0 Å². The van der Waals surface area contributed by atoms with Gasteiger partial charge in [-0.05, 0) is 24.1 Å². The van der Waals surface area contributed by atoms with Crippen LogP contribution in [0.1, 0.15) is 12.5 Å². The number of aryl methyl sites for hydroxylation is 1. The summed E-state index contributed by atoms with van der Waals surface area (Å²) in [6.07, 6.45) is 4.18. The molecular weight excluding hydrogens is 234 g/mol. The molecule has 6 heteroatoms. The average Bonchev–Trinajstić information content (AvgIpc) is 2.82. The van der Waals surface area contributed by atoms with Crippen molar-refractivity contribution in [3.63, 3.8) is 0 Å². The molecule has 1 aliphatic rings. The van der Waals surface area contributed by atoms with Crippen LogP contribution < -0.4 is 10.4 Å². The number of nitrogens with one attached hydrogen (secondary N) is 1. The summed E-state index contributed by atoms with van der Waals surface area (Å²) >= 11 is 1.63. The van der Waals surface area contributed by atoms with Gasteiger partial charge < -0.3 is 0 Å². The Morgan fingerprint density at radius 1 is 1.35 bits per heavy atom. The number of nitrogens with zero attached hydrogens (tertiary/aromatic N) is 4. The van der Waals surface area contributed by atoms with Gasteiger partial charge in [0.05, 0.1) is 10.2 Å². The van der Waals surface area contributed by atoms with E-state index in [0.29, 0.717) is 0 Å². The number of benzene rings is 1. The van der Waals surface area contributed by atoms with Crippen molar-refractivity contribution in [2.24, 2.45) is 10.2 Å². The van der Waals surface area contributed by atoms with Crippen LogP contribution in [0.4, 0.5) is 5.13 Å². The predicted molar refractivity (Wildman–Crippen MR) is 71.6 cm³/mol. The molecule has 1 N–H and O–H groups in total. The Labute approximate surface area is 102 Å². The summed E-state index contributed by atoms with van der Waals surface area (Å²) < 4.78 is 1.19. The molecule has 5 nitrogen and oxygen atoms in total. The van der Waals surface area contributed by atoms with E-state index in [1.807, 2.05) is 0 Å². The second-order valence-corrected chi connectivity index (χ2v) is 4.64. The fraction of sp³-hybridized carbons (Fsp3) is 0.182. The second kappa shape index (κ2) is 4.14. The smallest absolute Gasteiger partial charge is 0.211 e. The summed E-state index contributed by atoms with van der Waals surface area (Å²) in [7, 11) is 0. The van der Waals surface area contributed by atoms with Crippen LogP contribution in [0.5, 0.6) is 0 Å². The van der Waals surface area contributed by atoms with Crippen LogP contribution in [0.2, 0.25) is 0 Å². The third-order valence-electron chi connectivity index (χ3n) is 2.54. The molecule has 2 aromatic rings. The first-order valence-electron chi connectivity index (χ1n) is 5.36. The molecule has 1 aromatic carbocycles. The minimum absolute atomic E-state index is 0.864. The molecule has 0 spiro atoms. The molecule has 0 fully saturated rings. The van der Waals surface area contributed by atoms with Crippen molar-refractivity contribution in [3.8, 4) is 0 Å². The van der Waals surface area contributed by atoms with E-state index < -0.39 is 0 Å². The summed E-state index contributed by atoms with van der Waals surface area (Å²) in [5, 5.41) is 10.1. The van der Waals surface area contributed by atoms with E-state index in [2.05, 4.69) is 45.7 Å². The van der Waals surface area contributed by atoms with E-state index >= 15 is 0 Å². The van der Waals surface area contributed by atoms with Crippen molar-refractivity contribution < 1.29 is 0 Å². The maximum Gasteiger partial charge on any atom is 0.211 e. The van der Waals surface area contributed by atoms with Crippen LogP contribution in [0.3, 0.4) is 0 Å². The zero-order valence-electron chi connectivity index (χ0n) is 9.29. The van der Waals surface area contributed by atoms with Crippen LogP contribution in [-0.2, 0) is 6.42 Å². The second-order valence-electron chi connectivity index (χ2n) is 3.63. The summed E-state index contributed by atoms with van der Waals surface area (Å²) in [5.41, 5.74) is 5.31. The van der Waals surface area contributed by atoms with Gasteiger partial charge in [0, 0.05) is 0 Å². The summed E-state index contributed by atoms with van der Waals surface area (Å²) in [6, 6.07) is 6.36. The molecule has 0 saturated heterocycles. The quantitative estimate of drug-likeness (QED) is 0.882. The summed E-state index contributed by atoms with van der Waals surface area (Å²) in [5.74, 6) is 0. The first-order chi connectivity index (χ1) is 8.36. The highest BCUT2D eigenvalue weighted by molar-refractivity contribution is 7.22. The zero-order chi connectivity index (χ0) is 11.7. The molecule has 1 aliphatic heterocycles. The van der Waals surface area contributed by atoms with Crippen molar-refractivity contribution in [2.75, 3.05) is 5.01 Å². The number of fused-ring (bicyclic) bond motifs is 1. The highest BCUT2D eigenvalue weighted by atomic mass is 32.1. The molecule has 1 aromatic heterocycles. The monoisotopic (exact) mass is 245 g/mol. The van der Waals surface area contributed by atoms with Crippen LogP contribution in [-0.4, -0.2) is 17.7 Å². The molecule has 0 aliphatic carbocycles. The van der Waals surface area contributed by atoms with Gasteiger partial charge in [0.1, 0.15) is 12.7 Å². The van der Waals surface area contributed by atoms with E-state index in [-0.39, 0.29) is 0 Å². The van der Waals surface area contributed by atoms with E-state index in [1.54, 1.807) is 22.7 Å². The standard InChI is InChI=1S/C11H11N5S/c1-2-8-3-4-9-10(5-8)17-11(15-9)16-7-13-12-6-14-16/h3-7H,2H2,1H3,(H,12,14). The van der Waals surface area contributed by atoms with Gasteiger partial charge in [-0.3, -0.25) is 5.43 Å². The number of hydrogen-bond acceptors (Lipinski definition) is 6. The molecule has 0 unspecified atom stereocenters. The topological polar surface area (TPSA) is 52.9 Å². The molecule has 0 radical (unpaired) electrons. The van der Waals surface area contributed by atoms with E-state index in [0.717, 1.165) is 17.1 Å². The average molecular weight is 245 g/mol. The Balaban J connectivity index is 2.01. The SMILES string of the molecule is CCc1ccc2nc(N3C=NN=CN3)sc2c1. The normalized spacial score (nSPS) is 14.3. The molecule has 2 heterocycles. The van der Waals surface area contributed by atoms with Gasteiger partial charge >= 0.3 is 0 Å². The van der Waals surface area contributed by atoms with Crippen LogP contribution >= 0.6 is 11.3 Å². The number of aromatic nitrogens is 1. The van der Waals surface area contributed by atoms with Gasteiger partial charge in [0.25, 0.3) is 0 Å². The lowest BCUT2D eigenvalue weighted by Gasteiger charge is -2.15. The minimum Gasteiger partial charge on any atom is -0.279 e. The highest BCUT2D eigenvalue weighted by Crippen LogP contribution is 2.28. The first-order valence-corrected chi connectivity index (χ1v) is 6.18. The molecule has 3 rings (SSSR count). The number of rotatable bonds is 2. The predicted octanol–water partition coefficient (Wildman–Crippen LogP) is 2.15. The lowest BCUT2D eigenvalue weighted by Crippen LogP contribution is -2.37. The third-order valence-corrected chi connectivity index (χ3v) is 3.56. The van der Waals surface area contributed by atoms with Crippen molar-refractivity contribution in [1.82, 2.24) is 10.4 Å². The highest BCUT2D eigenvalue weighted by Gasteiger charge is 2.11.